The van der Waals surface area contributed by atoms with Crippen LogP contribution in [-0.4, -0.2) is 18.4 Å². The summed E-state index contributed by atoms with van der Waals surface area (Å²) in [5.41, 5.74) is 7.17. The molecule has 0 saturated carbocycles. The summed E-state index contributed by atoms with van der Waals surface area (Å²) in [6, 6.07) is 10.1. The molecule has 0 spiro atoms. The zero-order valence-corrected chi connectivity index (χ0v) is 16.6. The molecule has 0 unspecified atom stereocenters. The fourth-order valence-corrected chi connectivity index (χ4v) is 3.37. The van der Waals surface area contributed by atoms with Crippen LogP contribution in [0.3, 0.4) is 0 Å². The Labute approximate surface area is 156 Å². The third kappa shape index (κ3) is 4.94. The van der Waals surface area contributed by atoms with Gasteiger partial charge in [-0.2, -0.15) is 0 Å². The molecule has 0 radical (unpaired) electrons. The second-order valence-corrected chi connectivity index (χ2v) is 7.09. The highest BCUT2D eigenvalue weighted by Crippen LogP contribution is 2.23. The summed E-state index contributed by atoms with van der Waals surface area (Å²) >= 11 is 0. The third-order valence-corrected chi connectivity index (χ3v) is 4.40. The number of rotatable bonds is 5. The van der Waals surface area contributed by atoms with Crippen LogP contribution in [-0.2, 0) is 9.59 Å². The fraction of sp³-hybridized carbons (Fsp3) is 0.364. The van der Waals surface area contributed by atoms with E-state index in [1.165, 1.54) is 12.5 Å². The Balaban J connectivity index is 2.10. The quantitative estimate of drug-likeness (QED) is 0.854. The molecule has 2 rings (SSSR count). The molecule has 0 saturated heterocycles. The van der Waals surface area contributed by atoms with Crippen LogP contribution in [0.1, 0.15) is 41.2 Å². The minimum absolute atomic E-state index is 0.0644. The fourth-order valence-electron chi connectivity index (χ4n) is 3.37. The molecular formula is C22H28N2O2. The predicted octanol–water partition coefficient (Wildman–Crippen LogP) is 4.61. The number of nitrogens with one attached hydrogen (secondary N) is 1. The van der Waals surface area contributed by atoms with E-state index in [0.717, 1.165) is 33.6 Å². The van der Waals surface area contributed by atoms with Gasteiger partial charge in [-0.3, -0.25) is 9.59 Å². The molecule has 2 aromatic rings. The van der Waals surface area contributed by atoms with Crippen molar-refractivity contribution in [2.45, 2.75) is 48.0 Å². The number of carbonyl (C=O) groups is 2. The number of aryl methyl sites for hydroxylation is 5. The van der Waals surface area contributed by atoms with Gasteiger partial charge in [0.25, 0.3) is 0 Å². The lowest BCUT2D eigenvalue weighted by atomic mass is 10.0. The summed E-state index contributed by atoms with van der Waals surface area (Å²) < 4.78 is 0. The number of nitrogens with zero attached hydrogens (tertiary/aromatic N) is 1. The first kappa shape index (κ1) is 19.7. The first-order chi connectivity index (χ1) is 12.2. The number of hydrogen-bond acceptors (Lipinski definition) is 2. The van der Waals surface area contributed by atoms with Gasteiger partial charge in [-0.25, -0.2) is 0 Å². The molecule has 2 aromatic carbocycles. The molecule has 26 heavy (non-hydrogen) atoms. The SMILES string of the molecule is CC(=O)N(CCC(=O)Nc1c(C)cc(C)cc1C)c1cc(C)cc(C)c1. The molecule has 0 aliphatic heterocycles. The summed E-state index contributed by atoms with van der Waals surface area (Å²) in [4.78, 5) is 26.2. The lowest BCUT2D eigenvalue weighted by Crippen LogP contribution is -2.32. The summed E-state index contributed by atoms with van der Waals surface area (Å²) in [7, 11) is 0. The molecular weight excluding hydrogens is 324 g/mol. The van der Waals surface area contributed by atoms with Crippen molar-refractivity contribution in [2.75, 3.05) is 16.8 Å². The van der Waals surface area contributed by atoms with Crippen LogP contribution in [0.25, 0.3) is 0 Å². The van der Waals surface area contributed by atoms with Gasteiger partial charge in [0.2, 0.25) is 11.8 Å². The second-order valence-electron chi connectivity index (χ2n) is 7.09. The molecule has 0 aliphatic carbocycles. The predicted molar refractivity (Wildman–Crippen MR) is 108 cm³/mol. The molecule has 0 bridgehead atoms. The molecule has 0 fully saturated rings. The van der Waals surface area contributed by atoms with Gasteiger partial charge in [0.1, 0.15) is 0 Å². The Hall–Kier alpha value is -2.62. The molecule has 0 atom stereocenters. The molecule has 0 aliphatic rings. The topological polar surface area (TPSA) is 49.4 Å². The lowest BCUT2D eigenvalue weighted by Gasteiger charge is -2.22. The van der Waals surface area contributed by atoms with Crippen LogP contribution in [0, 0.1) is 34.6 Å². The largest absolute Gasteiger partial charge is 0.326 e. The van der Waals surface area contributed by atoms with E-state index in [9.17, 15) is 9.59 Å². The first-order valence-electron chi connectivity index (χ1n) is 8.91. The van der Waals surface area contributed by atoms with E-state index in [-0.39, 0.29) is 18.2 Å². The molecule has 138 valence electrons. The highest BCUT2D eigenvalue weighted by atomic mass is 16.2. The Kier molecular flexibility index (Phi) is 6.19. The zero-order valence-electron chi connectivity index (χ0n) is 16.6. The number of amides is 2. The number of benzene rings is 2. The van der Waals surface area contributed by atoms with Crippen molar-refractivity contribution in [3.63, 3.8) is 0 Å². The van der Waals surface area contributed by atoms with Crippen molar-refractivity contribution < 1.29 is 9.59 Å². The Morgan fingerprint density at radius 3 is 1.85 bits per heavy atom. The van der Waals surface area contributed by atoms with Crippen LogP contribution in [0.2, 0.25) is 0 Å². The van der Waals surface area contributed by atoms with Crippen molar-refractivity contribution in [3.05, 3.63) is 58.1 Å². The number of hydrogen-bond donors (Lipinski definition) is 1. The van der Waals surface area contributed by atoms with E-state index in [0.29, 0.717) is 6.54 Å². The van der Waals surface area contributed by atoms with Crippen LogP contribution in [0.5, 0.6) is 0 Å². The maximum atomic E-state index is 12.4. The average Bonchev–Trinajstić information content (AvgIpc) is 2.49. The standard InChI is InChI=1S/C22H28N2O2/c1-14-9-15(2)13-20(12-14)24(19(6)25)8-7-21(26)23-22-17(4)10-16(3)11-18(22)5/h9-13H,7-8H2,1-6H3,(H,23,26). The Morgan fingerprint density at radius 2 is 1.35 bits per heavy atom. The van der Waals surface area contributed by atoms with Crippen molar-refractivity contribution in [3.8, 4) is 0 Å². The van der Waals surface area contributed by atoms with Crippen molar-refractivity contribution in [1.29, 1.82) is 0 Å². The van der Waals surface area contributed by atoms with Crippen LogP contribution < -0.4 is 10.2 Å². The van der Waals surface area contributed by atoms with E-state index < -0.39 is 0 Å². The minimum atomic E-state index is -0.0873. The molecule has 0 aromatic heterocycles. The lowest BCUT2D eigenvalue weighted by molar-refractivity contribution is -0.117. The van der Waals surface area contributed by atoms with Gasteiger partial charge in [-0.15, -0.1) is 0 Å². The zero-order chi connectivity index (χ0) is 19.4. The van der Waals surface area contributed by atoms with E-state index in [1.54, 1.807) is 4.90 Å². The third-order valence-electron chi connectivity index (χ3n) is 4.40. The van der Waals surface area contributed by atoms with Gasteiger partial charge in [0, 0.05) is 31.3 Å². The summed E-state index contributed by atoms with van der Waals surface area (Å²) in [5.74, 6) is -0.152. The number of anilines is 2. The van der Waals surface area contributed by atoms with Crippen molar-refractivity contribution >= 4 is 23.2 Å². The van der Waals surface area contributed by atoms with Crippen LogP contribution >= 0.6 is 0 Å². The highest BCUT2D eigenvalue weighted by Gasteiger charge is 2.15. The van der Waals surface area contributed by atoms with Gasteiger partial charge < -0.3 is 10.2 Å². The first-order valence-corrected chi connectivity index (χ1v) is 8.91. The van der Waals surface area contributed by atoms with Crippen LogP contribution in [0.15, 0.2) is 30.3 Å². The van der Waals surface area contributed by atoms with E-state index in [2.05, 4.69) is 23.5 Å². The average molecular weight is 352 g/mol. The monoisotopic (exact) mass is 352 g/mol. The maximum Gasteiger partial charge on any atom is 0.226 e. The summed E-state index contributed by atoms with van der Waals surface area (Å²) in [6.07, 6.45) is 0.249. The van der Waals surface area contributed by atoms with Crippen molar-refractivity contribution in [1.82, 2.24) is 0 Å². The summed E-state index contributed by atoms with van der Waals surface area (Å²) in [6.45, 7) is 11.9. The molecule has 4 heteroatoms. The Bertz CT molecular complexity index is 797. The molecule has 4 nitrogen and oxygen atoms in total. The van der Waals surface area contributed by atoms with Crippen LogP contribution in [0.4, 0.5) is 11.4 Å². The molecule has 1 N–H and O–H groups in total. The second kappa shape index (κ2) is 8.17. The highest BCUT2D eigenvalue weighted by molar-refractivity contribution is 5.95. The van der Waals surface area contributed by atoms with Gasteiger partial charge in [-0.05, 0) is 69.0 Å². The van der Waals surface area contributed by atoms with E-state index >= 15 is 0 Å². The normalized spacial score (nSPS) is 10.5. The Morgan fingerprint density at radius 1 is 0.846 bits per heavy atom. The van der Waals surface area contributed by atoms with Gasteiger partial charge >= 0.3 is 0 Å². The van der Waals surface area contributed by atoms with Gasteiger partial charge in [0.05, 0.1) is 0 Å². The molecule has 2 amide bonds. The van der Waals surface area contributed by atoms with E-state index in [4.69, 9.17) is 0 Å². The number of carbonyl (C=O) groups excluding carboxylic acids is 2. The van der Waals surface area contributed by atoms with Gasteiger partial charge in [-0.1, -0.05) is 23.8 Å². The van der Waals surface area contributed by atoms with Gasteiger partial charge in [0.15, 0.2) is 0 Å². The van der Waals surface area contributed by atoms with Crippen molar-refractivity contribution in [2.24, 2.45) is 0 Å². The van der Waals surface area contributed by atoms with E-state index in [1.807, 2.05) is 46.8 Å². The maximum absolute atomic E-state index is 12.4. The summed E-state index contributed by atoms with van der Waals surface area (Å²) in [5, 5.41) is 3.00. The minimum Gasteiger partial charge on any atom is -0.326 e. The smallest absolute Gasteiger partial charge is 0.226 e. The molecule has 0 heterocycles.